The third-order valence-electron chi connectivity index (χ3n) is 8.39. The first kappa shape index (κ1) is 38.0. The predicted octanol–water partition coefficient (Wildman–Crippen LogP) is 7.41. The fraction of sp³-hybridized carbons (Fsp3) is 0.263. The summed E-state index contributed by atoms with van der Waals surface area (Å²) in [7, 11) is 2.75. The van der Waals surface area contributed by atoms with E-state index in [4.69, 9.17) is 22.1 Å². The minimum atomic E-state index is -0.391. The van der Waals surface area contributed by atoms with Crippen LogP contribution in [0.15, 0.2) is 84.9 Å². The number of ether oxygens (including phenoxy) is 2. The first-order chi connectivity index (χ1) is 22.5. The van der Waals surface area contributed by atoms with E-state index < -0.39 is 5.24 Å². The molecule has 0 bridgehead atoms. The molecule has 3 N–H and O–H groups in total. The number of hydrogen-bond acceptors (Lipinski definition) is 7. The minimum absolute atomic E-state index is 0. The van der Waals surface area contributed by atoms with Gasteiger partial charge in [-0.25, -0.2) is 9.59 Å². The maximum Gasteiger partial charge on any atom is 0.337 e. The highest BCUT2D eigenvalue weighted by Gasteiger charge is 2.26. The van der Waals surface area contributed by atoms with E-state index in [0.717, 1.165) is 47.9 Å². The van der Waals surface area contributed by atoms with Gasteiger partial charge in [0.25, 0.3) is 11.1 Å². The van der Waals surface area contributed by atoms with Crippen molar-refractivity contribution in [1.82, 2.24) is 5.32 Å². The van der Waals surface area contributed by atoms with Crippen LogP contribution in [-0.2, 0) is 22.3 Å². The lowest BCUT2D eigenvalue weighted by molar-refractivity contribution is 0.0591. The number of fused-ring (bicyclic) bond motifs is 2. The number of nitrogens with one attached hydrogen (secondary N) is 1. The Labute approximate surface area is 292 Å². The highest BCUT2D eigenvalue weighted by atomic mass is 35.5. The maximum absolute atomic E-state index is 12.5. The van der Waals surface area contributed by atoms with Gasteiger partial charge in [-0.2, -0.15) is 0 Å². The first-order valence-corrected chi connectivity index (χ1v) is 15.7. The molecular weight excluding hydrogens is 651 g/mol. The summed E-state index contributed by atoms with van der Waals surface area (Å²) in [6.45, 7) is 3.78. The second kappa shape index (κ2) is 17.6. The van der Waals surface area contributed by atoms with E-state index in [9.17, 15) is 19.2 Å². The van der Waals surface area contributed by atoms with E-state index in [-0.39, 0.29) is 42.3 Å². The molecule has 4 aromatic rings. The van der Waals surface area contributed by atoms with Crippen LogP contribution in [0.5, 0.6) is 0 Å². The number of rotatable bonds is 5. The van der Waals surface area contributed by atoms with Crippen LogP contribution in [0.4, 0.5) is 0 Å². The summed E-state index contributed by atoms with van der Waals surface area (Å²) in [5.41, 5.74) is 14.7. The van der Waals surface area contributed by atoms with Gasteiger partial charge >= 0.3 is 11.9 Å². The van der Waals surface area contributed by atoms with E-state index >= 15 is 0 Å². The van der Waals surface area contributed by atoms with Crippen LogP contribution in [-0.4, -0.2) is 37.3 Å². The number of methoxy groups -OCH3 is 2. The molecule has 0 saturated carbocycles. The molecular formula is C38H40Cl2N2O6. The quantitative estimate of drug-likeness (QED) is 0.165. The number of amides is 1. The van der Waals surface area contributed by atoms with Gasteiger partial charge in [-0.1, -0.05) is 48.5 Å². The van der Waals surface area contributed by atoms with Crippen molar-refractivity contribution in [2.75, 3.05) is 14.2 Å². The molecule has 2 aliphatic rings. The van der Waals surface area contributed by atoms with Crippen LogP contribution >= 0.6 is 24.0 Å². The summed E-state index contributed by atoms with van der Waals surface area (Å²) in [6, 6.07) is 25.9. The molecule has 10 heteroatoms. The third kappa shape index (κ3) is 9.31. The standard InChI is InChI=1S/C19H19NO3.C11H13NO2.C8H7ClO.ClH/c1-12-5-3-4-6-15(12)18(21)20-17-10-9-13-7-8-14(11-16(13)17)19(22)23-2;1-14-11(13)8-3-2-7-4-5-10(12)9(7)6-8;1-6-4-2-3-5-7(6)8(9)10;/h3-8,11,17H,9-10H2,1-2H3,(H,20,21);2-3,6,10H,4-5,12H2,1H3;2-5H,1H3;1H/t17-;10-;;/m11../s1. The molecule has 0 aromatic heterocycles. The summed E-state index contributed by atoms with van der Waals surface area (Å²) >= 11 is 5.27. The molecule has 4 aromatic carbocycles. The smallest absolute Gasteiger partial charge is 0.337 e. The lowest BCUT2D eigenvalue weighted by Gasteiger charge is -2.16. The van der Waals surface area contributed by atoms with Crippen molar-refractivity contribution in [3.63, 3.8) is 0 Å². The summed E-state index contributed by atoms with van der Waals surface area (Å²) in [5.74, 6) is -0.736. The topological polar surface area (TPSA) is 125 Å². The highest BCUT2D eigenvalue weighted by Crippen LogP contribution is 2.33. The average molecular weight is 692 g/mol. The van der Waals surface area contributed by atoms with E-state index in [1.54, 1.807) is 24.3 Å². The Bertz CT molecular complexity index is 1790. The van der Waals surface area contributed by atoms with Gasteiger partial charge in [-0.15, -0.1) is 12.4 Å². The summed E-state index contributed by atoms with van der Waals surface area (Å²) < 4.78 is 9.42. The molecule has 8 nitrogen and oxygen atoms in total. The molecule has 0 radical (unpaired) electrons. The SMILES string of the molecule is COC(=O)c1ccc2c(c1)[C@H](N)CC2.COC(=O)c1ccc2c(c1)[C@H](NC(=O)c1ccccc1C)CC2.Cc1ccccc1C(=O)Cl.Cl. The number of nitrogens with two attached hydrogens (primary N) is 1. The number of benzene rings is 4. The van der Waals surface area contributed by atoms with Crippen LogP contribution in [0.3, 0.4) is 0 Å². The maximum atomic E-state index is 12.5. The molecule has 0 spiro atoms. The monoisotopic (exact) mass is 690 g/mol. The molecule has 0 heterocycles. The van der Waals surface area contributed by atoms with Gasteiger partial charge in [0.15, 0.2) is 0 Å². The van der Waals surface area contributed by atoms with Crippen molar-refractivity contribution in [3.05, 3.63) is 141 Å². The molecule has 48 heavy (non-hydrogen) atoms. The number of hydrogen-bond donors (Lipinski definition) is 2. The second-order valence-corrected chi connectivity index (χ2v) is 11.8. The normalized spacial score (nSPS) is 15.1. The van der Waals surface area contributed by atoms with Crippen molar-refractivity contribution < 1.29 is 28.7 Å². The molecule has 2 aliphatic carbocycles. The predicted molar refractivity (Wildman–Crippen MR) is 189 cm³/mol. The Morgan fingerprint density at radius 1 is 0.708 bits per heavy atom. The fourth-order valence-electron chi connectivity index (χ4n) is 5.73. The van der Waals surface area contributed by atoms with Gasteiger partial charge in [0, 0.05) is 17.2 Å². The van der Waals surface area contributed by atoms with Crippen molar-refractivity contribution in [3.8, 4) is 0 Å². The zero-order valence-corrected chi connectivity index (χ0v) is 29.0. The Morgan fingerprint density at radius 2 is 1.19 bits per heavy atom. The van der Waals surface area contributed by atoms with Crippen LogP contribution in [0.1, 0.15) is 99.7 Å². The Balaban J connectivity index is 0.000000213. The summed E-state index contributed by atoms with van der Waals surface area (Å²) in [4.78, 5) is 46.1. The van der Waals surface area contributed by atoms with E-state index in [1.807, 2.05) is 74.5 Å². The van der Waals surface area contributed by atoms with Crippen molar-refractivity contribution in [1.29, 1.82) is 0 Å². The van der Waals surface area contributed by atoms with Crippen LogP contribution < -0.4 is 11.1 Å². The number of esters is 2. The third-order valence-corrected chi connectivity index (χ3v) is 8.59. The summed E-state index contributed by atoms with van der Waals surface area (Å²) in [6.07, 6.45) is 3.73. The molecule has 0 unspecified atom stereocenters. The van der Waals surface area contributed by atoms with Gasteiger partial charge in [-0.3, -0.25) is 9.59 Å². The van der Waals surface area contributed by atoms with Crippen LogP contribution in [0, 0.1) is 13.8 Å². The Kier molecular flexibility index (Phi) is 13.9. The molecule has 2 atom stereocenters. The van der Waals surface area contributed by atoms with Gasteiger partial charge in [-0.05, 0) is 121 Å². The highest BCUT2D eigenvalue weighted by molar-refractivity contribution is 6.67. The fourth-order valence-corrected chi connectivity index (χ4v) is 5.95. The van der Waals surface area contributed by atoms with E-state index in [0.29, 0.717) is 22.3 Å². The second-order valence-electron chi connectivity index (χ2n) is 11.4. The lowest BCUT2D eigenvalue weighted by Crippen LogP contribution is -2.27. The zero-order chi connectivity index (χ0) is 34.1. The van der Waals surface area contributed by atoms with Crippen LogP contribution in [0.25, 0.3) is 0 Å². The molecule has 0 fully saturated rings. The largest absolute Gasteiger partial charge is 0.465 e. The van der Waals surface area contributed by atoms with Crippen molar-refractivity contribution in [2.24, 2.45) is 5.73 Å². The minimum Gasteiger partial charge on any atom is -0.465 e. The van der Waals surface area contributed by atoms with Gasteiger partial charge in [0.2, 0.25) is 0 Å². The van der Waals surface area contributed by atoms with Crippen LogP contribution in [0.2, 0.25) is 0 Å². The molecule has 252 valence electrons. The Hall–Kier alpha value is -4.50. The van der Waals surface area contributed by atoms with E-state index in [1.165, 1.54) is 25.3 Å². The average Bonchev–Trinajstić information content (AvgIpc) is 3.66. The summed E-state index contributed by atoms with van der Waals surface area (Å²) in [5, 5.41) is 2.69. The Morgan fingerprint density at radius 3 is 1.69 bits per heavy atom. The van der Waals surface area contributed by atoms with Crippen molar-refractivity contribution >= 4 is 47.1 Å². The zero-order valence-electron chi connectivity index (χ0n) is 27.4. The number of halogens is 2. The number of carbonyl (C=O) groups is 4. The molecule has 6 rings (SSSR count). The van der Waals surface area contributed by atoms with Crippen molar-refractivity contribution in [2.45, 2.75) is 51.6 Å². The van der Waals surface area contributed by atoms with Gasteiger partial charge in [0.1, 0.15) is 0 Å². The van der Waals surface area contributed by atoms with E-state index in [2.05, 4.69) is 10.1 Å². The number of aryl methyl sites for hydroxylation is 4. The molecule has 1 amide bonds. The van der Waals surface area contributed by atoms with Gasteiger partial charge in [0.05, 0.1) is 31.4 Å². The van der Waals surface area contributed by atoms with Gasteiger partial charge < -0.3 is 20.5 Å². The first-order valence-electron chi connectivity index (χ1n) is 15.3. The number of carbonyl (C=O) groups excluding carboxylic acids is 4. The lowest BCUT2D eigenvalue weighted by atomic mass is 10.0. The molecule has 0 aliphatic heterocycles. The molecule has 0 saturated heterocycles.